The number of carbonyl (C=O) groups excluding carboxylic acids is 3. The van der Waals surface area contributed by atoms with Crippen LogP contribution in [-0.4, -0.2) is 172 Å². The first kappa shape index (κ1) is 34.6. The molecule has 3 aliphatic heterocycles. The third-order valence-corrected chi connectivity index (χ3v) is 6.17. The van der Waals surface area contributed by atoms with E-state index >= 15 is 0 Å². The second-order valence-electron chi connectivity index (χ2n) is 9.22. The van der Waals surface area contributed by atoms with Crippen LogP contribution in [0, 0.1) is 0 Å². The number of urea groups is 3. The summed E-state index contributed by atoms with van der Waals surface area (Å²) in [4.78, 5) is 38.6. The van der Waals surface area contributed by atoms with E-state index in [1.165, 1.54) is 0 Å². The van der Waals surface area contributed by atoms with Crippen molar-refractivity contribution < 1.29 is 14.4 Å². The van der Waals surface area contributed by atoms with Gasteiger partial charge in [-0.1, -0.05) is 0 Å². The molecule has 3 aliphatic rings. The van der Waals surface area contributed by atoms with Crippen LogP contribution in [0.4, 0.5) is 14.4 Å². The Morgan fingerprint density at radius 2 is 0.795 bits per heavy atom. The summed E-state index contributed by atoms with van der Waals surface area (Å²) in [6, 6.07) is 0.194. The van der Waals surface area contributed by atoms with Crippen LogP contribution in [-0.2, 0) is 0 Å². The van der Waals surface area contributed by atoms with Crippen LogP contribution in [0.5, 0.6) is 0 Å². The Morgan fingerprint density at radius 3 is 1.10 bits per heavy atom. The monoisotopic (exact) mass is 558 g/mol. The molecule has 3 saturated heterocycles. The Hall–Kier alpha value is -2.43. The molecule has 9 N–H and O–H groups in total. The van der Waals surface area contributed by atoms with Gasteiger partial charge in [-0.05, 0) is 21.1 Å². The fraction of sp³-hybridized carbons (Fsp3) is 0.875. The van der Waals surface area contributed by atoms with Gasteiger partial charge in [0.1, 0.15) is 0 Å². The highest BCUT2D eigenvalue weighted by Gasteiger charge is 2.19. The van der Waals surface area contributed by atoms with Gasteiger partial charge in [0.05, 0.1) is 0 Å². The lowest BCUT2D eigenvalue weighted by atomic mass is 10.5. The van der Waals surface area contributed by atoms with Crippen molar-refractivity contribution in [2.24, 2.45) is 0 Å². The predicted molar refractivity (Wildman–Crippen MR) is 155 cm³/mol. The van der Waals surface area contributed by atoms with Gasteiger partial charge in [0.25, 0.3) is 0 Å². The van der Waals surface area contributed by atoms with Gasteiger partial charge in [-0.3, -0.25) is 0 Å². The van der Waals surface area contributed by atoms with Crippen LogP contribution < -0.4 is 47.9 Å². The molecule has 0 spiro atoms. The molecule has 6 amide bonds. The average Bonchev–Trinajstić information content (AvgIpc) is 3.66. The van der Waals surface area contributed by atoms with Gasteiger partial charge < -0.3 is 62.6 Å². The summed E-state index contributed by atoms with van der Waals surface area (Å²) in [5.41, 5.74) is 0. The molecule has 15 nitrogen and oxygen atoms in total. The summed E-state index contributed by atoms with van der Waals surface area (Å²) in [6.45, 7) is 15.7. The van der Waals surface area contributed by atoms with E-state index in [0.717, 1.165) is 118 Å². The van der Waals surface area contributed by atoms with Crippen molar-refractivity contribution in [2.75, 3.05) is 139 Å². The van der Waals surface area contributed by atoms with Gasteiger partial charge in [0.15, 0.2) is 0 Å². The zero-order chi connectivity index (χ0) is 28.6. The number of rotatable bonds is 18. The van der Waals surface area contributed by atoms with Gasteiger partial charge in [-0.2, -0.15) is 0 Å². The molecule has 3 fully saturated rings. The molecule has 228 valence electrons. The summed E-state index contributed by atoms with van der Waals surface area (Å²) in [7, 11) is 5.75. The lowest BCUT2D eigenvalue weighted by Crippen LogP contribution is -2.37. The standard InChI is InChI=1S/C10H23N5O.C8H18N4O.C6H13N3O/c1-11-2-3-12-4-5-13-6-8-15-9-7-14-10(15)16;1-9-2-3-10-4-6-12-7-5-11-8(12)13;1-7-2-4-9-5-3-8-6(9)10/h11-13H,2-9H2,1H3,(H,14,16);9-10H,2-7H2,1H3,(H,11,13);7H,2-5H2,1H3,(H,8,10). The molecule has 0 atom stereocenters. The lowest BCUT2D eigenvalue weighted by Gasteiger charge is -2.14. The smallest absolute Gasteiger partial charge is 0.317 e. The van der Waals surface area contributed by atoms with Crippen LogP contribution in [0.25, 0.3) is 0 Å². The number of hydrogen-bond acceptors (Lipinski definition) is 9. The molecule has 0 radical (unpaired) electrons. The summed E-state index contributed by atoms with van der Waals surface area (Å²) < 4.78 is 0. The number of carbonyl (C=O) groups is 3. The Labute approximate surface area is 234 Å². The third-order valence-electron chi connectivity index (χ3n) is 6.17. The Bertz CT molecular complexity index is 658. The molecule has 0 aliphatic carbocycles. The quantitative estimate of drug-likeness (QED) is 0.0774. The van der Waals surface area contributed by atoms with E-state index in [1.54, 1.807) is 4.90 Å². The maximum absolute atomic E-state index is 11.2. The minimum Gasteiger partial charge on any atom is -0.336 e. The minimum absolute atomic E-state index is 0.0638. The van der Waals surface area contributed by atoms with Crippen molar-refractivity contribution >= 4 is 18.1 Å². The van der Waals surface area contributed by atoms with Gasteiger partial charge in [0, 0.05) is 118 Å². The largest absolute Gasteiger partial charge is 0.336 e. The van der Waals surface area contributed by atoms with Crippen molar-refractivity contribution in [3.63, 3.8) is 0 Å². The number of hydrogen-bond donors (Lipinski definition) is 9. The molecular formula is C24H54N12O3. The van der Waals surface area contributed by atoms with Gasteiger partial charge in [-0.25, -0.2) is 14.4 Å². The normalized spacial score (nSPS) is 16.4. The van der Waals surface area contributed by atoms with Crippen molar-refractivity contribution in [2.45, 2.75) is 0 Å². The highest BCUT2D eigenvalue weighted by Crippen LogP contribution is 1.95. The minimum atomic E-state index is 0.0638. The molecule has 3 heterocycles. The second-order valence-corrected chi connectivity index (χ2v) is 9.22. The van der Waals surface area contributed by atoms with E-state index in [4.69, 9.17) is 0 Å². The fourth-order valence-electron chi connectivity index (χ4n) is 3.83. The molecule has 3 rings (SSSR count). The van der Waals surface area contributed by atoms with Gasteiger partial charge in [0.2, 0.25) is 0 Å². The third kappa shape index (κ3) is 17.0. The van der Waals surface area contributed by atoms with Crippen LogP contribution in [0.3, 0.4) is 0 Å². The first-order valence-corrected chi connectivity index (χ1v) is 14.2. The first-order chi connectivity index (χ1) is 19.0. The van der Waals surface area contributed by atoms with Crippen LogP contribution in [0.15, 0.2) is 0 Å². The topological polar surface area (TPSA) is 169 Å². The summed E-state index contributed by atoms with van der Waals surface area (Å²) in [6.07, 6.45) is 0. The van der Waals surface area contributed by atoms with Crippen LogP contribution in [0.1, 0.15) is 0 Å². The second kappa shape index (κ2) is 23.5. The number of amides is 6. The molecular weight excluding hydrogens is 504 g/mol. The van der Waals surface area contributed by atoms with E-state index < -0.39 is 0 Å². The maximum atomic E-state index is 11.2. The van der Waals surface area contributed by atoms with E-state index in [9.17, 15) is 14.4 Å². The van der Waals surface area contributed by atoms with E-state index in [0.29, 0.717) is 0 Å². The molecule has 15 heteroatoms. The maximum Gasteiger partial charge on any atom is 0.317 e. The van der Waals surface area contributed by atoms with Crippen molar-refractivity contribution in [3.8, 4) is 0 Å². The van der Waals surface area contributed by atoms with Crippen LogP contribution >= 0.6 is 0 Å². The van der Waals surface area contributed by atoms with Crippen LogP contribution in [0.2, 0.25) is 0 Å². The van der Waals surface area contributed by atoms with Crippen molar-refractivity contribution in [1.82, 2.24) is 62.6 Å². The lowest BCUT2D eigenvalue weighted by molar-refractivity contribution is 0.217. The van der Waals surface area contributed by atoms with E-state index in [1.807, 2.05) is 30.9 Å². The summed E-state index contributed by atoms with van der Waals surface area (Å²) >= 11 is 0. The molecule has 0 aromatic rings. The number of likely N-dealkylation sites (N-methyl/N-ethyl adjacent to an activating group) is 3. The highest BCUT2D eigenvalue weighted by molar-refractivity contribution is 5.76. The molecule has 0 unspecified atom stereocenters. The first-order valence-electron chi connectivity index (χ1n) is 14.2. The molecule has 0 saturated carbocycles. The van der Waals surface area contributed by atoms with Crippen molar-refractivity contribution in [1.29, 1.82) is 0 Å². The summed E-state index contributed by atoms with van der Waals surface area (Å²) in [5, 5.41) is 27.3. The predicted octanol–water partition coefficient (Wildman–Crippen LogP) is -3.54. The number of nitrogens with zero attached hydrogens (tertiary/aromatic N) is 3. The SMILES string of the molecule is CNCCN1CCNC1=O.CNCCNCCN1CCNC1=O.CNCCNCCNCCN1CCNC1=O. The molecule has 0 bridgehead atoms. The Morgan fingerprint density at radius 1 is 0.487 bits per heavy atom. The molecule has 0 aromatic heterocycles. The average molecular weight is 559 g/mol. The fourth-order valence-corrected chi connectivity index (χ4v) is 3.83. The van der Waals surface area contributed by atoms with Gasteiger partial charge in [-0.15, -0.1) is 0 Å². The number of nitrogens with one attached hydrogen (secondary N) is 9. The Kier molecular flexibility index (Phi) is 20.8. The van der Waals surface area contributed by atoms with Gasteiger partial charge >= 0.3 is 18.1 Å². The zero-order valence-electron chi connectivity index (χ0n) is 24.3. The Balaban J connectivity index is 0.000000300. The van der Waals surface area contributed by atoms with E-state index in [2.05, 4.69) is 47.9 Å². The molecule has 39 heavy (non-hydrogen) atoms. The van der Waals surface area contributed by atoms with Crippen molar-refractivity contribution in [3.05, 3.63) is 0 Å². The summed E-state index contributed by atoms with van der Waals surface area (Å²) in [5.74, 6) is 0. The molecule has 0 aromatic carbocycles. The zero-order valence-corrected chi connectivity index (χ0v) is 24.3. The van der Waals surface area contributed by atoms with E-state index in [-0.39, 0.29) is 18.1 Å². The highest BCUT2D eigenvalue weighted by atomic mass is 16.2.